The maximum absolute atomic E-state index is 9.66. The summed E-state index contributed by atoms with van der Waals surface area (Å²) in [7, 11) is -1.49. The van der Waals surface area contributed by atoms with Gasteiger partial charge in [-0.2, -0.15) is 0 Å². The van der Waals surface area contributed by atoms with Crippen molar-refractivity contribution in [3.05, 3.63) is 356 Å². The largest absolute Gasteiger partial charge is 0.489 e. The van der Waals surface area contributed by atoms with Crippen LogP contribution in [0.5, 0.6) is 0 Å². The van der Waals surface area contributed by atoms with E-state index in [1.165, 1.54) is 65.9 Å². The zero-order valence-corrected chi connectivity index (χ0v) is 55.4. The second-order valence-corrected chi connectivity index (χ2v) is 24.9. The fourth-order valence-electron chi connectivity index (χ4n) is 13.3. The molecule has 0 aliphatic carbocycles. The van der Waals surface area contributed by atoms with E-state index < -0.39 is 7.12 Å². The molecule has 18 aromatic rings. The summed E-state index contributed by atoms with van der Waals surface area (Å²) in [5, 5.41) is 41.2. The summed E-state index contributed by atoms with van der Waals surface area (Å²) in [4.78, 5) is 0. The van der Waals surface area contributed by atoms with Crippen LogP contribution in [0.2, 0.25) is 0 Å². The van der Waals surface area contributed by atoms with Crippen LogP contribution in [0.4, 0.5) is 0 Å². The monoisotopic (exact) mass is 1350 g/mol. The van der Waals surface area contributed by atoms with E-state index in [9.17, 15) is 10.0 Å². The molecule has 0 fully saturated rings. The smallest absolute Gasteiger partial charge is 0.423 e. The third-order valence-electron chi connectivity index (χ3n) is 18.1. The molecular formula is C88H60BBrN6O4. The molecule has 10 nitrogen and oxygen atoms in total. The Morgan fingerprint density at radius 3 is 0.870 bits per heavy atom. The van der Waals surface area contributed by atoms with E-state index in [1.54, 1.807) is 6.07 Å². The normalized spacial score (nSPS) is 11.2. The van der Waals surface area contributed by atoms with Gasteiger partial charge in [0.1, 0.15) is 0 Å². The van der Waals surface area contributed by atoms with Gasteiger partial charge < -0.3 is 28.0 Å². The lowest BCUT2D eigenvalue weighted by molar-refractivity contribution is 0.426. The molecule has 0 spiro atoms. The zero-order valence-electron chi connectivity index (χ0n) is 53.8. The van der Waals surface area contributed by atoms with Crippen LogP contribution in [0, 0.1) is 0 Å². The van der Waals surface area contributed by atoms with Crippen molar-refractivity contribution >= 4 is 72.1 Å². The average Bonchev–Trinajstić information content (AvgIpc) is 1.73. The van der Waals surface area contributed by atoms with Crippen molar-refractivity contribution in [1.29, 1.82) is 0 Å². The predicted molar refractivity (Wildman–Crippen MR) is 410 cm³/mol. The number of hydrogen-bond donors (Lipinski definition) is 2. The number of benzene rings is 14. The quantitative estimate of drug-likeness (QED) is 0.116. The van der Waals surface area contributed by atoms with Gasteiger partial charge in [0.15, 0.2) is 0 Å². The van der Waals surface area contributed by atoms with E-state index in [2.05, 4.69) is 258 Å². The van der Waals surface area contributed by atoms with Crippen LogP contribution in [-0.2, 0) is 0 Å². The van der Waals surface area contributed by atoms with E-state index in [0.29, 0.717) is 29.0 Å². The molecule has 0 radical (unpaired) electrons. The minimum Gasteiger partial charge on any atom is -0.423 e. The molecule has 12 heteroatoms. The van der Waals surface area contributed by atoms with Crippen LogP contribution in [0.25, 0.3) is 156 Å². The van der Waals surface area contributed by atoms with Crippen LogP contribution in [-0.4, -0.2) is 46.7 Å². The predicted octanol–water partition coefficient (Wildman–Crippen LogP) is 21.5. The summed E-state index contributed by atoms with van der Waals surface area (Å²) >= 11 is 3.58. The second-order valence-electron chi connectivity index (χ2n) is 24.1. The van der Waals surface area contributed by atoms with Crippen LogP contribution in [0.1, 0.15) is 0 Å². The number of aromatic nitrogens is 6. The molecule has 18 rings (SSSR count). The molecule has 0 aliphatic rings. The number of halogens is 1. The molecule has 0 unspecified atom stereocenters. The van der Waals surface area contributed by atoms with Crippen LogP contribution < -0.4 is 5.46 Å². The molecule has 476 valence electrons. The van der Waals surface area contributed by atoms with Gasteiger partial charge in [0.2, 0.25) is 23.6 Å². The van der Waals surface area contributed by atoms with Gasteiger partial charge in [0, 0.05) is 59.6 Å². The molecule has 0 atom stereocenters. The Balaban J connectivity index is 0.000000127. The fourth-order valence-corrected chi connectivity index (χ4v) is 13.8. The number of rotatable bonds is 12. The first-order chi connectivity index (χ1) is 49.4. The number of nitrogens with zero attached hydrogens (tertiary/aromatic N) is 6. The topological polar surface area (TPSA) is 128 Å². The minimum absolute atomic E-state index is 0.503. The molecule has 14 aromatic carbocycles. The maximum Gasteiger partial charge on any atom is 0.489 e. The fraction of sp³-hybridized carbons (Fsp3) is 0. The van der Waals surface area contributed by atoms with E-state index in [4.69, 9.17) is 8.83 Å². The van der Waals surface area contributed by atoms with Crippen molar-refractivity contribution in [3.8, 4) is 113 Å². The zero-order chi connectivity index (χ0) is 67.3. The van der Waals surface area contributed by atoms with E-state index in [0.717, 1.165) is 71.5 Å². The van der Waals surface area contributed by atoms with Crippen molar-refractivity contribution in [2.24, 2.45) is 0 Å². The number of fused-ring (bicyclic) bond motifs is 6. The first-order valence-electron chi connectivity index (χ1n) is 32.9. The first kappa shape index (κ1) is 62.2. The second kappa shape index (κ2) is 27.9. The van der Waals surface area contributed by atoms with Gasteiger partial charge >= 0.3 is 7.12 Å². The van der Waals surface area contributed by atoms with Gasteiger partial charge in [-0.05, 0) is 164 Å². The van der Waals surface area contributed by atoms with Crippen molar-refractivity contribution in [3.63, 3.8) is 0 Å². The molecule has 4 aromatic heterocycles. The highest BCUT2D eigenvalue weighted by molar-refractivity contribution is 9.10. The number of para-hydroxylation sites is 4. The lowest BCUT2D eigenvalue weighted by Gasteiger charge is -2.15. The molecule has 0 amide bonds. The molecule has 0 saturated carbocycles. The van der Waals surface area contributed by atoms with Gasteiger partial charge in [-0.1, -0.05) is 265 Å². The van der Waals surface area contributed by atoms with Crippen molar-refractivity contribution in [2.75, 3.05) is 0 Å². The van der Waals surface area contributed by atoms with E-state index in [1.807, 2.05) is 133 Å². The summed E-state index contributed by atoms with van der Waals surface area (Å²) in [5.41, 5.74) is 22.2. The van der Waals surface area contributed by atoms with Gasteiger partial charge in [-0.25, -0.2) is 0 Å². The molecule has 2 N–H and O–H groups in total. The summed E-state index contributed by atoms with van der Waals surface area (Å²) in [6.07, 6.45) is 0. The van der Waals surface area contributed by atoms with Crippen molar-refractivity contribution in [2.45, 2.75) is 0 Å². The lowest BCUT2D eigenvalue weighted by atomic mass is 9.75. The Kier molecular flexibility index (Phi) is 17.3. The Morgan fingerprint density at radius 1 is 0.240 bits per heavy atom. The average molecular weight is 1360 g/mol. The minimum atomic E-state index is -1.49. The first-order valence-corrected chi connectivity index (χ1v) is 33.7. The molecule has 0 bridgehead atoms. The Hall–Kier alpha value is -12.6. The maximum atomic E-state index is 9.66. The van der Waals surface area contributed by atoms with E-state index in [-0.39, 0.29) is 0 Å². The molecule has 100 heavy (non-hydrogen) atoms. The van der Waals surface area contributed by atoms with Crippen LogP contribution >= 0.6 is 15.9 Å². The third kappa shape index (κ3) is 12.4. The highest BCUT2D eigenvalue weighted by Gasteiger charge is 2.20. The molecule has 4 heterocycles. The van der Waals surface area contributed by atoms with Gasteiger partial charge in [-0.15, -0.1) is 20.4 Å². The van der Waals surface area contributed by atoms with Gasteiger partial charge in [0.25, 0.3) is 0 Å². The third-order valence-corrected chi connectivity index (χ3v) is 18.8. The summed E-state index contributed by atoms with van der Waals surface area (Å²) < 4.78 is 17.5. The lowest BCUT2D eigenvalue weighted by Crippen LogP contribution is -2.31. The standard InChI is InChI=1S/C44H29N3O.C24H18BNO2.C20H13BrN2O/c1-2-12-32(13-3-1)43-45-46-44(48-43)33-24-22-30(23-25-33)35-14-4-6-16-37(35)38-17-7-5-15-36(38)31-26-28-34(29-27-31)47-41-20-10-8-18-39(41)40-19-9-11-21-42(40)47;27-25(28)22-10-4-1-7-19(22)17-13-15-18(16-14-17)26-23-11-5-2-8-20(23)21-9-3-6-12-24(21)26;21-18-9-5-4-8-17(18)14-10-12-16(13-11-14)20-23-22-19(24-20)15-6-2-1-3-7-15/h1-29H;1-16,27-28H;1-13H. The van der Waals surface area contributed by atoms with Crippen LogP contribution in [0.15, 0.2) is 365 Å². The Morgan fingerprint density at radius 2 is 0.500 bits per heavy atom. The highest BCUT2D eigenvalue weighted by atomic mass is 79.9. The summed E-state index contributed by atoms with van der Waals surface area (Å²) in [5.74, 6) is 2.07. The highest BCUT2D eigenvalue weighted by Crippen LogP contribution is 2.41. The van der Waals surface area contributed by atoms with Crippen LogP contribution in [0.3, 0.4) is 0 Å². The molecular weight excluding hydrogens is 1300 g/mol. The molecule has 0 aliphatic heterocycles. The van der Waals surface area contributed by atoms with Crippen molar-refractivity contribution < 1.29 is 18.9 Å². The SMILES string of the molecule is Brc1ccccc1-c1ccc(-c2nnc(-c3ccccc3)o2)cc1.OB(O)c1ccccc1-c1ccc(-n2c3ccccc3c3ccccc32)cc1.c1ccc(-c2nnc(-c3ccc(-c4ccccc4-c4ccccc4-c4ccc(-n5c6ccccc6c6ccccc65)cc4)cc3)o2)cc1. The van der Waals surface area contributed by atoms with E-state index >= 15 is 0 Å². The van der Waals surface area contributed by atoms with Crippen molar-refractivity contribution in [1.82, 2.24) is 29.5 Å². The number of hydrogen-bond acceptors (Lipinski definition) is 8. The Labute approximate surface area is 586 Å². The Bertz CT molecular complexity index is 5790. The van der Waals surface area contributed by atoms with Gasteiger partial charge in [0.05, 0.1) is 22.1 Å². The van der Waals surface area contributed by atoms with Gasteiger partial charge in [-0.3, -0.25) is 0 Å². The summed E-state index contributed by atoms with van der Waals surface area (Å²) in [6, 6.07) is 120. The summed E-state index contributed by atoms with van der Waals surface area (Å²) in [6.45, 7) is 0. The molecule has 0 saturated heterocycles.